The van der Waals surface area contributed by atoms with Crippen LogP contribution in [0, 0.1) is 0 Å². The van der Waals surface area contributed by atoms with E-state index in [0.717, 1.165) is 22.6 Å². The molecule has 0 atom stereocenters. The molecule has 2 N–H and O–H groups in total. The SMILES string of the molecule is O=S(=O)(NCc1ncon1)c1ccc(CCO)s1. The van der Waals surface area contributed by atoms with E-state index in [-0.39, 0.29) is 23.2 Å². The van der Waals surface area contributed by atoms with Crippen molar-refractivity contribution in [3.05, 3.63) is 29.2 Å². The summed E-state index contributed by atoms with van der Waals surface area (Å²) < 4.78 is 30.9. The maximum atomic E-state index is 11.9. The number of nitrogens with one attached hydrogen (secondary N) is 1. The Balaban J connectivity index is 2.05. The van der Waals surface area contributed by atoms with Gasteiger partial charge in [-0.3, -0.25) is 0 Å². The highest BCUT2D eigenvalue weighted by Gasteiger charge is 2.17. The summed E-state index contributed by atoms with van der Waals surface area (Å²) in [5.74, 6) is 0.269. The Bertz CT molecular complexity index is 591. The summed E-state index contributed by atoms with van der Waals surface area (Å²) in [6.07, 6.45) is 1.58. The minimum atomic E-state index is -3.57. The Labute approximate surface area is 108 Å². The second-order valence-electron chi connectivity index (χ2n) is 3.37. The van der Waals surface area contributed by atoms with Crippen molar-refractivity contribution < 1.29 is 18.0 Å². The lowest BCUT2D eigenvalue weighted by Gasteiger charge is -2.01. The molecule has 0 unspecified atom stereocenters. The van der Waals surface area contributed by atoms with Gasteiger partial charge in [0.05, 0.1) is 6.54 Å². The molecule has 18 heavy (non-hydrogen) atoms. The third-order valence-corrected chi connectivity index (χ3v) is 5.13. The first-order valence-electron chi connectivity index (χ1n) is 5.06. The Morgan fingerprint density at radius 1 is 1.44 bits per heavy atom. The average Bonchev–Trinajstić information content (AvgIpc) is 2.98. The summed E-state index contributed by atoms with van der Waals surface area (Å²) in [5, 5.41) is 12.3. The summed E-state index contributed by atoms with van der Waals surface area (Å²) in [5.41, 5.74) is 0. The summed E-state index contributed by atoms with van der Waals surface area (Å²) in [7, 11) is -3.57. The molecule has 2 aromatic heterocycles. The first kappa shape index (κ1) is 13.1. The van der Waals surface area contributed by atoms with Crippen LogP contribution in [0.5, 0.6) is 0 Å². The minimum absolute atomic E-state index is 0.00368. The molecule has 0 saturated heterocycles. The third-order valence-electron chi connectivity index (χ3n) is 2.09. The molecule has 0 aromatic carbocycles. The van der Waals surface area contributed by atoms with E-state index in [4.69, 9.17) is 5.11 Å². The van der Waals surface area contributed by atoms with Crippen LogP contribution in [0.4, 0.5) is 0 Å². The summed E-state index contributed by atoms with van der Waals surface area (Å²) >= 11 is 1.13. The molecule has 9 heteroatoms. The van der Waals surface area contributed by atoms with E-state index in [1.807, 2.05) is 0 Å². The average molecular weight is 289 g/mol. The maximum Gasteiger partial charge on any atom is 0.250 e. The highest BCUT2D eigenvalue weighted by Crippen LogP contribution is 2.21. The standard InChI is InChI=1S/C9H11N3O4S2/c13-4-3-7-1-2-9(17-7)18(14,15)11-5-8-10-6-16-12-8/h1-2,6,11,13H,3-5H2. The summed E-state index contributed by atoms with van der Waals surface area (Å²) in [4.78, 5) is 4.53. The fourth-order valence-electron chi connectivity index (χ4n) is 1.25. The number of rotatable bonds is 6. The summed E-state index contributed by atoms with van der Waals surface area (Å²) in [6, 6.07) is 3.19. The van der Waals surface area contributed by atoms with Crippen molar-refractivity contribution in [2.75, 3.05) is 6.61 Å². The van der Waals surface area contributed by atoms with Gasteiger partial charge < -0.3 is 9.63 Å². The predicted octanol–water partition coefficient (Wildman–Crippen LogP) is 0.144. The molecule has 0 aliphatic heterocycles. The van der Waals surface area contributed by atoms with Crippen LogP contribution in [0.3, 0.4) is 0 Å². The molecule has 0 fully saturated rings. The predicted molar refractivity (Wildman–Crippen MR) is 63.4 cm³/mol. The van der Waals surface area contributed by atoms with E-state index < -0.39 is 10.0 Å². The number of hydrogen-bond donors (Lipinski definition) is 2. The number of aliphatic hydroxyl groups is 1. The number of hydrogen-bond acceptors (Lipinski definition) is 7. The Morgan fingerprint density at radius 2 is 2.28 bits per heavy atom. The maximum absolute atomic E-state index is 11.9. The van der Waals surface area contributed by atoms with Crippen LogP contribution in [0.2, 0.25) is 0 Å². The zero-order chi connectivity index (χ0) is 13.0. The van der Waals surface area contributed by atoms with Crippen molar-refractivity contribution in [3.63, 3.8) is 0 Å². The van der Waals surface area contributed by atoms with Crippen molar-refractivity contribution in [2.24, 2.45) is 0 Å². The molecule has 0 radical (unpaired) electrons. The molecule has 98 valence electrons. The molecule has 0 aliphatic rings. The molecule has 2 rings (SSSR count). The fraction of sp³-hybridized carbons (Fsp3) is 0.333. The van der Waals surface area contributed by atoms with Crippen molar-refractivity contribution in [1.29, 1.82) is 0 Å². The van der Waals surface area contributed by atoms with Gasteiger partial charge in [0, 0.05) is 17.9 Å². The second-order valence-corrected chi connectivity index (χ2v) is 6.53. The Kier molecular flexibility index (Phi) is 4.07. The zero-order valence-corrected chi connectivity index (χ0v) is 10.9. The molecule has 0 bridgehead atoms. The van der Waals surface area contributed by atoms with Crippen LogP contribution >= 0.6 is 11.3 Å². The number of nitrogens with zero attached hydrogens (tertiary/aromatic N) is 2. The van der Waals surface area contributed by atoms with E-state index in [9.17, 15) is 8.42 Å². The number of aliphatic hydroxyl groups excluding tert-OH is 1. The molecule has 0 saturated carbocycles. The van der Waals surface area contributed by atoms with Crippen molar-refractivity contribution in [3.8, 4) is 0 Å². The van der Waals surface area contributed by atoms with Crippen molar-refractivity contribution in [1.82, 2.24) is 14.9 Å². The van der Waals surface area contributed by atoms with Gasteiger partial charge in [-0.15, -0.1) is 11.3 Å². The van der Waals surface area contributed by atoms with E-state index in [2.05, 4.69) is 19.4 Å². The topological polar surface area (TPSA) is 105 Å². The lowest BCUT2D eigenvalue weighted by Crippen LogP contribution is -2.22. The molecule has 7 nitrogen and oxygen atoms in total. The summed E-state index contributed by atoms with van der Waals surface area (Å²) in [6.45, 7) is -0.0254. The minimum Gasteiger partial charge on any atom is -0.396 e. The van der Waals surface area contributed by atoms with Crippen LogP contribution in [-0.4, -0.2) is 30.3 Å². The first-order chi connectivity index (χ1) is 8.62. The smallest absolute Gasteiger partial charge is 0.250 e. The van der Waals surface area contributed by atoms with Gasteiger partial charge in [-0.25, -0.2) is 13.1 Å². The van der Waals surface area contributed by atoms with Gasteiger partial charge in [0.15, 0.2) is 5.82 Å². The van der Waals surface area contributed by atoms with E-state index in [1.165, 1.54) is 6.07 Å². The zero-order valence-electron chi connectivity index (χ0n) is 9.24. The highest BCUT2D eigenvalue weighted by atomic mass is 32.2. The lowest BCUT2D eigenvalue weighted by atomic mass is 10.4. The Hall–Kier alpha value is -1.29. The number of aromatic nitrogens is 2. The van der Waals surface area contributed by atoms with Crippen LogP contribution < -0.4 is 4.72 Å². The number of thiophene rings is 1. The van der Waals surface area contributed by atoms with Gasteiger partial charge in [-0.2, -0.15) is 4.98 Å². The van der Waals surface area contributed by atoms with Gasteiger partial charge in [0.2, 0.25) is 16.4 Å². The molecule has 0 aliphatic carbocycles. The third kappa shape index (κ3) is 3.13. The van der Waals surface area contributed by atoms with E-state index in [1.54, 1.807) is 6.07 Å². The highest BCUT2D eigenvalue weighted by molar-refractivity contribution is 7.91. The molecular formula is C9H11N3O4S2. The van der Waals surface area contributed by atoms with Gasteiger partial charge in [-0.1, -0.05) is 5.16 Å². The normalized spacial score (nSPS) is 11.8. The first-order valence-corrected chi connectivity index (χ1v) is 7.36. The number of sulfonamides is 1. The second kappa shape index (κ2) is 5.57. The van der Waals surface area contributed by atoms with Crippen molar-refractivity contribution >= 4 is 21.4 Å². The van der Waals surface area contributed by atoms with Gasteiger partial charge in [-0.05, 0) is 12.1 Å². The molecule has 2 heterocycles. The van der Waals surface area contributed by atoms with Crippen LogP contribution in [0.15, 0.2) is 27.3 Å². The van der Waals surface area contributed by atoms with E-state index >= 15 is 0 Å². The largest absolute Gasteiger partial charge is 0.396 e. The van der Waals surface area contributed by atoms with E-state index in [0.29, 0.717) is 6.42 Å². The van der Waals surface area contributed by atoms with Gasteiger partial charge in [0.25, 0.3) is 0 Å². The molecule has 0 amide bonds. The van der Waals surface area contributed by atoms with Crippen LogP contribution in [0.25, 0.3) is 0 Å². The molecular weight excluding hydrogens is 278 g/mol. The van der Waals surface area contributed by atoms with Crippen molar-refractivity contribution in [2.45, 2.75) is 17.2 Å². The van der Waals surface area contributed by atoms with Gasteiger partial charge >= 0.3 is 0 Å². The van der Waals surface area contributed by atoms with Crippen LogP contribution in [-0.2, 0) is 23.0 Å². The fourth-order valence-corrected chi connectivity index (χ4v) is 3.62. The quantitative estimate of drug-likeness (QED) is 0.784. The lowest BCUT2D eigenvalue weighted by molar-refractivity contribution is 0.300. The Morgan fingerprint density at radius 3 is 2.94 bits per heavy atom. The molecule has 0 spiro atoms. The molecule has 2 aromatic rings. The van der Waals surface area contributed by atoms with Crippen LogP contribution in [0.1, 0.15) is 10.7 Å². The van der Waals surface area contributed by atoms with Gasteiger partial charge in [0.1, 0.15) is 4.21 Å². The monoisotopic (exact) mass is 289 g/mol.